The van der Waals surface area contributed by atoms with Crippen molar-refractivity contribution in [3.05, 3.63) is 29.8 Å². The number of carbonyl (C=O) groups excluding carboxylic acids is 1. The quantitative estimate of drug-likeness (QED) is 0.625. The van der Waals surface area contributed by atoms with E-state index in [1.54, 1.807) is 0 Å². The van der Waals surface area contributed by atoms with Gasteiger partial charge < -0.3 is 19.9 Å². The molecule has 1 aliphatic heterocycles. The van der Waals surface area contributed by atoms with Crippen molar-refractivity contribution in [3.63, 3.8) is 0 Å². The first-order chi connectivity index (χ1) is 12.6. The van der Waals surface area contributed by atoms with Crippen LogP contribution < -0.4 is 10.1 Å². The molecule has 6 nitrogen and oxygen atoms in total. The van der Waals surface area contributed by atoms with Crippen LogP contribution in [0.5, 0.6) is 5.75 Å². The maximum atomic E-state index is 12.1. The van der Waals surface area contributed by atoms with Gasteiger partial charge in [-0.25, -0.2) is 0 Å². The van der Waals surface area contributed by atoms with Crippen molar-refractivity contribution >= 4 is 11.9 Å². The molecule has 1 aromatic carbocycles. The Balaban J connectivity index is 1.93. The Kier molecular flexibility index (Phi) is 7.91. The Labute approximate surface area is 154 Å². The maximum absolute atomic E-state index is 12.1. The molecule has 0 bridgehead atoms. The number of nitrogens with one attached hydrogen (secondary N) is 1. The molecule has 1 fully saturated rings. The van der Waals surface area contributed by atoms with Gasteiger partial charge in [0.15, 0.2) is 0 Å². The molecule has 0 saturated carbocycles. The summed E-state index contributed by atoms with van der Waals surface area (Å²) in [4.78, 5) is 22.7. The highest BCUT2D eigenvalue weighted by molar-refractivity contribution is 5.76. The topological polar surface area (TPSA) is 84.9 Å². The van der Waals surface area contributed by atoms with Crippen LogP contribution in [-0.2, 0) is 19.7 Å². The van der Waals surface area contributed by atoms with Crippen molar-refractivity contribution in [3.8, 4) is 5.75 Å². The number of unbranched alkanes of at least 4 members (excludes halogenated alkanes) is 1. The first-order valence-corrected chi connectivity index (χ1v) is 9.35. The van der Waals surface area contributed by atoms with Gasteiger partial charge >= 0.3 is 5.97 Å². The van der Waals surface area contributed by atoms with Gasteiger partial charge in [0.25, 0.3) is 0 Å². The summed E-state index contributed by atoms with van der Waals surface area (Å²) in [5, 5.41) is 11.7. The second kappa shape index (κ2) is 10.2. The number of benzene rings is 1. The average Bonchev–Trinajstić information content (AvgIpc) is 2.65. The molecule has 0 aliphatic carbocycles. The Morgan fingerprint density at radius 1 is 1.15 bits per heavy atom. The van der Waals surface area contributed by atoms with E-state index in [4.69, 9.17) is 14.6 Å². The third-order valence-corrected chi connectivity index (χ3v) is 4.90. The molecule has 0 aromatic heterocycles. The minimum absolute atomic E-state index is 0.0211. The number of amides is 1. The predicted octanol–water partition coefficient (Wildman–Crippen LogP) is 2.89. The zero-order valence-electron chi connectivity index (χ0n) is 15.5. The average molecular weight is 363 g/mol. The minimum Gasteiger partial charge on any atom is -0.494 e. The van der Waals surface area contributed by atoms with E-state index < -0.39 is 5.97 Å². The fourth-order valence-electron chi connectivity index (χ4n) is 3.32. The summed E-state index contributed by atoms with van der Waals surface area (Å²) >= 11 is 0. The zero-order chi connectivity index (χ0) is 18.8. The SMILES string of the molecule is CCOc1ccc(C2(CNC(=O)CCCCC(=O)O)CCOCC2)cc1. The van der Waals surface area contributed by atoms with E-state index >= 15 is 0 Å². The second-order valence-corrected chi connectivity index (χ2v) is 6.73. The summed E-state index contributed by atoms with van der Waals surface area (Å²) in [6, 6.07) is 8.11. The Hall–Kier alpha value is -2.08. The van der Waals surface area contributed by atoms with E-state index in [9.17, 15) is 9.59 Å². The van der Waals surface area contributed by atoms with Gasteiger partial charge in [-0.15, -0.1) is 0 Å². The van der Waals surface area contributed by atoms with Gasteiger partial charge in [-0.05, 0) is 50.3 Å². The fourth-order valence-corrected chi connectivity index (χ4v) is 3.32. The summed E-state index contributed by atoms with van der Waals surface area (Å²) in [6.45, 7) is 4.53. The summed E-state index contributed by atoms with van der Waals surface area (Å²) in [5.41, 5.74) is 1.06. The Morgan fingerprint density at radius 2 is 1.81 bits per heavy atom. The standard InChI is InChI=1S/C20H29NO5/c1-2-26-17-9-7-16(8-10-17)20(11-13-25-14-12-20)15-21-18(22)5-3-4-6-19(23)24/h7-10H,2-6,11-15H2,1H3,(H,21,22)(H,23,24). The number of hydrogen-bond donors (Lipinski definition) is 2. The highest BCUT2D eigenvalue weighted by Crippen LogP contribution is 2.35. The number of ether oxygens (including phenoxy) is 2. The molecule has 144 valence electrons. The van der Waals surface area contributed by atoms with Crippen molar-refractivity contribution in [2.75, 3.05) is 26.4 Å². The molecule has 0 radical (unpaired) electrons. The van der Waals surface area contributed by atoms with Crippen LogP contribution in [0, 0.1) is 0 Å². The van der Waals surface area contributed by atoms with Crippen LogP contribution in [0.4, 0.5) is 0 Å². The number of carbonyl (C=O) groups is 2. The van der Waals surface area contributed by atoms with Gasteiger partial charge in [0.1, 0.15) is 5.75 Å². The first-order valence-electron chi connectivity index (χ1n) is 9.35. The van der Waals surface area contributed by atoms with Gasteiger partial charge in [0.05, 0.1) is 6.61 Å². The van der Waals surface area contributed by atoms with E-state index in [-0.39, 0.29) is 17.7 Å². The van der Waals surface area contributed by atoms with Crippen LogP contribution in [0.1, 0.15) is 51.0 Å². The van der Waals surface area contributed by atoms with Crippen molar-refractivity contribution < 1.29 is 24.2 Å². The molecule has 1 amide bonds. The lowest BCUT2D eigenvalue weighted by Gasteiger charge is -2.38. The van der Waals surface area contributed by atoms with Crippen LogP contribution in [-0.4, -0.2) is 43.3 Å². The summed E-state index contributed by atoms with van der Waals surface area (Å²) in [7, 11) is 0. The molecule has 0 unspecified atom stereocenters. The van der Waals surface area contributed by atoms with Crippen LogP contribution in [0.2, 0.25) is 0 Å². The number of carboxylic acid groups (broad SMARTS) is 1. The lowest BCUT2D eigenvalue weighted by atomic mass is 9.74. The molecule has 26 heavy (non-hydrogen) atoms. The van der Waals surface area contributed by atoms with Gasteiger partial charge in [-0.3, -0.25) is 9.59 Å². The largest absolute Gasteiger partial charge is 0.494 e. The van der Waals surface area contributed by atoms with Crippen LogP contribution in [0.3, 0.4) is 0 Å². The lowest BCUT2D eigenvalue weighted by molar-refractivity contribution is -0.137. The third kappa shape index (κ3) is 6.02. The van der Waals surface area contributed by atoms with Crippen molar-refractivity contribution in [2.24, 2.45) is 0 Å². The van der Waals surface area contributed by atoms with E-state index in [0.29, 0.717) is 45.6 Å². The lowest BCUT2D eigenvalue weighted by Crippen LogP contribution is -2.44. The van der Waals surface area contributed by atoms with Crippen molar-refractivity contribution in [1.82, 2.24) is 5.32 Å². The number of aliphatic carboxylic acids is 1. The minimum atomic E-state index is -0.818. The second-order valence-electron chi connectivity index (χ2n) is 6.73. The highest BCUT2D eigenvalue weighted by atomic mass is 16.5. The normalized spacial score (nSPS) is 16.0. The van der Waals surface area contributed by atoms with Gasteiger partial charge in [-0.1, -0.05) is 12.1 Å². The third-order valence-electron chi connectivity index (χ3n) is 4.90. The molecule has 0 atom stereocenters. The van der Waals surface area contributed by atoms with Crippen molar-refractivity contribution in [2.45, 2.75) is 50.9 Å². The number of hydrogen-bond acceptors (Lipinski definition) is 4. The predicted molar refractivity (Wildman–Crippen MR) is 98.5 cm³/mol. The number of carboxylic acids is 1. The molecule has 1 heterocycles. The molecule has 2 N–H and O–H groups in total. The van der Waals surface area contributed by atoms with Crippen LogP contribution in [0.25, 0.3) is 0 Å². The van der Waals surface area contributed by atoms with Crippen molar-refractivity contribution in [1.29, 1.82) is 0 Å². The molecular weight excluding hydrogens is 334 g/mol. The van der Waals surface area contributed by atoms with E-state index in [2.05, 4.69) is 17.4 Å². The summed E-state index contributed by atoms with van der Waals surface area (Å²) < 4.78 is 11.0. The molecule has 1 aromatic rings. The first kappa shape index (κ1) is 20.2. The Morgan fingerprint density at radius 3 is 2.42 bits per heavy atom. The number of rotatable bonds is 10. The maximum Gasteiger partial charge on any atom is 0.303 e. The van der Waals surface area contributed by atoms with Crippen LogP contribution in [0.15, 0.2) is 24.3 Å². The van der Waals surface area contributed by atoms with E-state index in [0.717, 1.165) is 18.6 Å². The fraction of sp³-hybridized carbons (Fsp3) is 0.600. The zero-order valence-corrected chi connectivity index (χ0v) is 15.5. The van der Waals surface area contributed by atoms with Crippen LogP contribution >= 0.6 is 0 Å². The molecule has 6 heteroatoms. The Bertz CT molecular complexity index is 578. The monoisotopic (exact) mass is 363 g/mol. The molecule has 2 rings (SSSR count). The molecular formula is C20H29NO5. The molecule has 0 spiro atoms. The smallest absolute Gasteiger partial charge is 0.303 e. The van der Waals surface area contributed by atoms with Gasteiger partial charge in [-0.2, -0.15) is 0 Å². The van der Waals surface area contributed by atoms with E-state index in [1.165, 1.54) is 5.56 Å². The van der Waals surface area contributed by atoms with E-state index in [1.807, 2.05) is 19.1 Å². The van der Waals surface area contributed by atoms with Gasteiger partial charge in [0, 0.05) is 38.0 Å². The summed E-state index contributed by atoms with van der Waals surface area (Å²) in [5.74, 6) is 0.00943. The molecule has 1 aliphatic rings. The van der Waals surface area contributed by atoms with Gasteiger partial charge in [0.2, 0.25) is 5.91 Å². The molecule has 1 saturated heterocycles. The summed E-state index contributed by atoms with van der Waals surface area (Å²) in [6.07, 6.45) is 3.32. The highest BCUT2D eigenvalue weighted by Gasteiger charge is 2.34.